The molecule has 0 amide bonds. The van der Waals surface area contributed by atoms with Crippen molar-refractivity contribution < 1.29 is 4.92 Å². The van der Waals surface area contributed by atoms with Gasteiger partial charge in [0.2, 0.25) is 0 Å². The van der Waals surface area contributed by atoms with Crippen LogP contribution in [0.25, 0.3) is 11.5 Å². The molecule has 4 rings (SSSR count). The van der Waals surface area contributed by atoms with E-state index in [0.717, 1.165) is 22.2 Å². The Balaban J connectivity index is 1.59. The highest BCUT2D eigenvalue weighted by molar-refractivity contribution is 7.98. The summed E-state index contributed by atoms with van der Waals surface area (Å²) in [6.07, 6.45) is 1.74. The molecular formula is C19H15N5O2S2. The number of pyridine rings is 1. The highest BCUT2D eigenvalue weighted by Gasteiger charge is 2.16. The summed E-state index contributed by atoms with van der Waals surface area (Å²) in [5.41, 5.74) is 1.85. The molecule has 0 aliphatic carbocycles. The van der Waals surface area contributed by atoms with E-state index in [1.54, 1.807) is 41.4 Å². The molecule has 7 nitrogen and oxygen atoms in total. The number of benzene rings is 1. The van der Waals surface area contributed by atoms with E-state index in [1.165, 1.54) is 17.0 Å². The lowest BCUT2D eigenvalue weighted by molar-refractivity contribution is -0.384. The van der Waals surface area contributed by atoms with Crippen LogP contribution in [0.3, 0.4) is 0 Å². The SMILES string of the molecule is O=[N+]([O-])c1ccc(CSc2nnc(-c3ccccn3)n2Cc2cccs2)cc1. The van der Waals surface area contributed by atoms with Crippen molar-refractivity contribution in [2.75, 3.05) is 0 Å². The van der Waals surface area contributed by atoms with Gasteiger partial charge in [0.15, 0.2) is 11.0 Å². The van der Waals surface area contributed by atoms with E-state index in [1.807, 2.05) is 29.6 Å². The highest BCUT2D eigenvalue weighted by atomic mass is 32.2. The van der Waals surface area contributed by atoms with Gasteiger partial charge < -0.3 is 0 Å². The van der Waals surface area contributed by atoms with Gasteiger partial charge in [0, 0.05) is 29.0 Å². The van der Waals surface area contributed by atoms with E-state index in [-0.39, 0.29) is 5.69 Å². The van der Waals surface area contributed by atoms with Crippen molar-refractivity contribution in [2.24, 2.45) is 0 Å². The van der Waals surface area contributed by atoms with Gasteiger partial charge in [0.05, 0.1) is 11.5 Å². The Kier molecular flexibility index (Phi) is 5.45. The molecule has 3 aromatic heterocycles. The Hall–Kier alpha value is -3.04. The van der Waals surface area contributed by atoms with Crippen molar-refractivity contribution in [1.82, 2.24) is 19.7 Å². The third-order valence-corrected chi connectivity index (χ3v) is 5.92. The Labute approximate surface area is 169 Å². The van der Waals surface area contributed by atoms with Crippen molar-refractivity contribution in [3.05, 3.63) is 86.7 Å². The summed E-state index contributed by atoms with van der Waals surface area (Å²) in [5.74, 6) is 1.36. The maximum Gasteiger partial charge on any atom is 0.269 e. The topological polar surface area (TPSA) is 86.7 Å². The number of nitro benzene ring substituents is 1. The summed E-state index contributed by atoms with van der Waals surface area (Å²) in [4.78, 5) is 16.0. The normalized spacial score (nSPS) is 10.9. The second-order valence-electron chi connectivity index (χ2n) is 5.90. The summed E-state index contributed by atoms with van der Waals surface area (Å²) in [6, 6.07) is 16.4. The van der Waals surface area contributed by atoms with E-state index < -0.39 is 4.92 Å². The van der Waals surface area contributed by atoms with Crippen molar-refractivity contribution in [2.45, 2.75) is 17.5 Å². The molecule has 0 aliphatic rings. The van der Waals surface area contributed by atoms with Crippen molar-refractivity contribution in [3.63, 3.8) is 0 Å². The van der Waals surface area contributed by atoms with Gasteiger partial charge in [-0.3, -0.25) is 19.7 Å². The van der Waals surface area contributed by atoms with Crippen LogP contribution in [-0.4, -0.2) is 24.7 Å². The molecule has 1 aromatic carbocycles. The molecular weight excluding hydrogens is 394 g/mol. The van der Waals surface area contributed by atoms with Gasteiger partial charge in [-0.25, -0.2) is 0 Å². The van der Waals surface area contributed by atoms with E-state index in [0.29, 0.717) is 12.3 Å². The number of thiophene rings is 1. The molecule has 4 aromatic rings. The Morgan fingerprint density at radius 1 is 1.07 bits per heavy atom. The molecule has 9 heteroatoms. The minimum Gasteiger partial charge on any atom is -0.295 e. The minimum atomic E-state index is -0.395. The van der Waals surface area contributed by atoms with Crippen LogP contribution in [0, 0.1) is 10.1 Å². The number of hydrogen-bond donors (Lipinski definition) is 0. The first-order valence-electron chi connectivity index (χ1n) is 8.44. The monoisotopic (exact) mass is 409 g/mol. The molecule has 0 bridgehead atoms. The van der Waals surface area contributed by atoms with Crippen LogP contribution in [-0.2, 0) is 12.3 Å². The molecule has 0 atom stereocenters. The summed E-state index contributed by atoms with van der Waals surface area (Å²) in [7, 11) is 0. The van der Waals surface area contributed by atoms with Crippen LogP contribution in [0.4, 0.5) is 5.69 Å². The number of non-ortho nitro benzene ring substituents is 1. The largest absolute Gasteiger partial charge is 0.295 e. The van der Waals surface area contributed by atoms with Gasteiger partial charge in [-0.15, -0.1) is 21.5 Å². The lowest BCUT2D eigenvalue weighted by Crippen LogP contribution is -2.03. The molecule has 0 radical (unpaired) electrons. The first kappa shape index (κ1) is 18.3. The third-order valence-electron chi connectivity index (χ3n) is 4.02. The molecule has 28 heavy (non-hydrogen) atoms. The molecule has 0 N–H and O–H groups in total. The molecule has 0 spiro atoms. The van der Waals surface area contributed by atoms with Gasteiger partial charge in [0.25, 0.3) is 5.69 Å². The summed E-state index contributed by atoms with van der Waals surface area (Å²) >= 11 is 3.23. The Morgan fingerprint density at radius 2 is 1.93 bits per heavy atom. The molecule has 3 heterocycles. The van der Waals surface area contributed by atoms with E-state index in [2.05, 4.69) is 25.8 Å². The average molecular weight is 409 g/mol. The maximum atomic E-state index is 10.8. The van der Waals surface area contributed by atoms with E-state index >= 15 is 0 Å². The van der Waals surface area contributed by atoms with Crippen LogP contribution < -0.4 is 0 Å². The predicted molar refractivity (Wildman–Crippen MR) is 109 cm³/mol. The first-order valence-corrected chi connectivity index (χ1v) is 10.3. The van der Waals surface area contributed by atoms with Gasteiger partial charge >= 0.3 is 0 Å². The zero-order valence-corrected chi connectivity index (χ0v) is 16.3. The first-order chi connectivity index (χ1) is 13.7. The van der Waals surface area contributed by atoms with Gasteiger partial charge in [-0.05, 0) is 29.1 Å². The van der Waals surface area contributed by atoms with Crippen molar-refractivity contribution in [3.8, 4) is 11.5 Å². The minimum absolute atomic E-state index is 0.0899. The van der Waals surface area contributed by atoms with Crippen LogP contribution in [0.2, 0.25) is 0 Å². The average Bonchev–Trinajstić information content (AvgIpc) is 3.38. The Bertz CT molecular complexity index is 1060. The van der Waals surface area contributed by atoms with Gasteiger partial charge in [0.1, 0.15) is 5.69 Å². The zero-order chi connectivity index (χ0) is 19.3. The number of aromatic nitrogens is 4. The van der Waals surface area contributed by atoms with Crippen LogP contribution in [0.1, 0.15) is 10.4 Å². The fourth-order valence-electron chi connectivity index (χ4n) is 2.64. The summed E-state index contributed by atoms with van der Waals surface area (Å²) in [6.45, 7) is 0.666. The lowest BCUT2D eigenvalue weighted by Gasteiger charge is -2.09. The molecule has 0 fully saturated rings. The smallest absolute Gasteiger partial charge is 0.269 e. The van der Waals surface area contributed by atoms with Crippen LogP contribution >= 0.6 is 23.1 Å². The molecule has 140 valence electrons. The third kappa shape index (κ3) is 4.10. The van der Waals surface area contributed by atoms with E-state index in [9.17, 15) is 10.1 Å². The fraction of sp³-hybridized carbons (Fsp3) is 0.105. The standard InChI is InChI=1S/C19H15N5O2S2/c25-24(26)15-8-6-14(7-9-15)13-28-19-22-21-18(17-5-1-2-10-20-17)23(19)12-16-4-3-11-27-16/h1-11H,12-13H2. The number of thioether (sulfide) groups is 1. The number of rotatable bonds is 7. The van der Waals surface area contributed by atoms with Crippen molar-refractivity contribution >= 4 is 28.8 Å². The molecule has 0 unspecified atom stereocenters. The fourth-order valence-corrected chi connectivity index (χ4v) is 4.23. The molecule has 0 saturated heterocycles. The number of hydrogen-bond acceptors (Lipinski definition) is 7. The number of nitrogens with zero attached hydrogens (tertiary/aromatic N) is 5. The van der Waals surface area contributed by atoms with Gasteiger partial charge in [-0.2, -0.15) is 0 Å². The van der Waals surface area contributed by atoms with Crippen LogP contribution in [0.15, 0.2) is 71.3 Å². The van der Waals surface area contributed by atoms with Gasteiger partial charge in [-0.1, -0.05) is 36.0 Å². The maximum absolute atomic E-state index is 10.8. The quantitative estimate of drug-likeness (QED) is 0.251. The van der Waals surface area contributed by atoms with Crippen LogP contribution in [0.5, 0.6) is 0 Å². The van der Waals surface area contributed by atoms with E-state index in [4.69, 9.17) is 0 Å². The second kappa shape index (κ2) is 8.32. The predicted octanol–water partition coefficient (Wildman–Crippen LogP) is 4.65. The van der Waals surface area contributed by atoms with Crippen molar-refractivity contribution in [1.29, 1.82) is 0 Å². The summed E-state index contributed by atoms with van der Waals surface area (Å²) < 4.78 is 2.06. The summed E-state index contributed by atoms with van der Waals surface area (Å²) in [5, 5.41) is 22.4. The second-order valence-corrected chi connectivity index (χ2v) is 7.87. The zero-order valence-electron chi connectivity index (χ0n) is 14.6. The molecule has 0 saturated carbocycles. The highest BCUT2D eigenvalue weighted by Crippen LogP contribution is 2.27. The molecule has 0 aliphatic heterocycles. The Morgan fingerprint density at radius 3 is 2.61 bits per heavy atom. The number of nitro groups is 1. The lowest BCUT2D eigenvalue weighted by atomic mass is 10.2.